The van der Waals surface area contributed by atoms with Crippen molar-refractivity contribution in [1.29, 1.82) is 0 Å². The van der Waals surface area contributed by atoms with Crippen LogP contribution in [0.5, 0.6) is 0 Å². The molecule has 2 atom stereocenters. The number of quaternary nitrogens is 1. The summed E-state index contributed by atoms with van der Waals surface area (Å²) in [6.07, 6.45) is -2.46. The summed E-state index contributed by atoms with van der Waals surface area (Å²) in [7, 11) is 0. The highest BCUT2D eigenvalue weighted by molar-refractivity contribution is 5.74. The van der Waals surface area contributed by atoms with Gasteiger partial charge in [0.1, 0.15) is 19.6 Å². The van der Waals surface area contributed by atoms with Gasteiger partial charge in [-0.15, -0.1) is 4.65 Å². The Labute approximate surface area is 99.1 Å². The molecule has 1 fully saturated rings. The van der Waals surface area contributed by atoms with Gasteiger partial charge in [0, 0.05) is 12.3 Å². The molecule has 17 heavy (non-hydrogen) atoms. The summed E-state index contributed by atoms with van der Waals surface area (Å²) in [6.45, 7) is 5.38. The van der Waals surface area contributed by atoms with E-state index < -0.39 is 12.1 Å². The Balaban J connectivity index is 2.68. The van der Waals surface area contributed by atoms with Crippen LogP contribution in [0.2, 0.25) is 0 Å². The van der Waals surface area contributed by atoms with Gasteiger partial charge in [-0.3, -0.25) is 4.84 Å². The number of carbonyl (C=O) groups is 1. The Kier molecular flexibility index (Phi) is 4.41. The number of alkyl halides is 3. The number of hydroxylamine groups is 3. The van der Waals surface area contributed by atoms with Crippen molar-refractivity contribution in [1.82, 2.24) is 0 Å². The van der Waals surface area contributed by atoms with Crippen molar-refractivity contribution in [3.8, 4) is 0 Å². The minimum atomic E-state index is -4.90. The summed E-state index contributed by atoms with van der Waals surface area (Å²) in [5.74, 6) is -1.77. The lowest BCUT2D eigenvalue weighted by Gasteiger charge is -2.30. The molecule has 1 aliphatic heterocycles. The van der Waals surface area contributed by atoms with Crippen molar-refractivity contribution in [3.05, 3.63) is 0 Å². The molecule has 0 bridgehead atoms. The first-order chi connectivity index (χ1) is 7.79. The SMILES string of the molecule is CCCC[N+]1(OC(=O)C(F)(F)F)CCC(C)C1. The molecule has 0 aliphatic carbocycles. The molecule has 0 aromatic carbocycles. The second kappa shape index (κ2) is 5.25. The molecule has 1 heterocycles. The number of hydrogen-bond acceptors (Lipinski definition) is 2. The third kappa shape index (κ3) is 3.87. The van der Waals surface area contributed by atoms with Crippen LogP contribution in [0.15, 0.2) is 0 Å². The largest absolute Gasteiger partial charge is 0.497 e. The molecule has 2 unspecified atom stereocenters. The lowest BCUT2D eigenvalue weighted by atomic mass is 10.2. The molecule has 0 radical (unpaired) electrons. The minimum absolute atomic E-state index is 0.159. The molecule has 0 N–H and O–H groups in total. The smallest absolute Gasteiger partial charge is 0.266 e. The normalized spacial score (nSPS) is 29.4. The van der Waals surface area contributed by atoms with Gasteiger partial charge in [0.15, 0.2) is 0 Å². The van der Waals surface area contributed by atoms with Crippen LogP contribution < -0.4 is 0 Å². The maximum atomic E-state index is 12.2. The van der Waals surface area contributed by atoms with Gasteiger partial charge in [-0.1, -0.05) is 20.3 Å². The quantitative estimate of drug-likeness (QED) is 0.721. The highest BCUT2D eigenvalue weighted by Gasteiger charge is 2.49. The van der Waals surface area contributed by atoms with Crippen LogP contribution in [0.25, 0.3) is 0 Å². The van der Waals surface area contributed by atoms with E-state index in [1.807, 2.05) is 13.8 Å². The summed E-state index contributed by atoms with van der Waals surface area (Å²) in [4.78, 5) is 15.6. The predicted molar refractivity (Wildman–Crippen MR) is 55.7 cm³/mol. The van der Waals surface area contributed by atoms with Gasteiger partial charge in [-0.05, 0) is 6.42 Å². The summed E-state index contributed by atoms with van der Waals surface area (Å²) in [5, 5.41) is 0. The number of likely N-dealkylation sites (tertiary alicyclic amines) is 1. The molecule has 0 amide bonds. The van der Waals surface area contributed by atoms with Crippen LogP contribution in [0.4, 0.5) is 13.2 Å². The average molecular weight is 254 g/mol. The van der Waals surface area contributed by atoms with E-state index in [9.17, 15) is 18.0 Å². The standard InChI is InChI=1S/C11H19F3NO2/c1-3-4-6-15(7-5-9(2)8-15)17-10(16)11(12,13)14/h9H,3-8H2,1-2H3/q+1. The molecule has 6 heteroatoms. The maximum absolute atomic E-state index is 12.2. The molecule has 0 aromatic heterocycles. The number of halogens is 3. The zero-order chi connectivity index (χ0) is 13.1. The minimum Gasteiger partial charge on any atom is -0.266 e. The van der Waals surface area contributed by atoms with Crippen LogP contribution in [0.3, 0.4) is 0 Å². The molecule has 0 aromatic rings. The topological polar surface area (TPSA) is 26.3 Å². The van der Waals surface area contributed by atoms with Crippen molar-refractivity contribution in [2.75, 3.05) is 19.6 Å². The zero-order valence-corrected chi connectivity index (χ0v) is 10.2. The van der Waals surface area contributed by atoms with Gasteiger partial charge >= 0.3 is 12.1 Å². The van der Waals surface area contributed by atoms with E-state index in [0.29, 0.717) is 25.6 Å². The van der Waals surface area contributed by atoms with Crippen molar-refractivity contribution in [2.24, 2.45) is 5.92 Å². The van der Waals surface area contributed by atoms with E-state index in [1.54, 1.807) is 0 Å². The van der Waals surface area contributed by atoms with Gasteiger partial charge < -0.3 is 0 Å². The number of nitrogens with zero attached hydrogens (tertiary/aromatic N) is 1. The molecular weight excluding hydrogens is 235 g/mol. The van der Waals surface area contributed by atoms with Crippen LogP contribution >= 0.6 is 0 Å². The predicted octanol–water partition coefficient (Wildman–Crippen LogP) is 2.66. The van der Waals surface area contributed by atoms with Gasteiger partial charge in [0.25, 0.3) is 0 Å². The van der Waals surface area contributed by atoms with Crippen LogP contribution in [0.1, 0.15) is 33.1 Å². The van der Waals surface area contributed by atoms with Crippen molar-refractivity contribution >= 4 is 5.97 Å². The van der Waals surface area contributed by atoms with Crippen molar-refractivity contribution in [3.63, 3.8) is 0 Å². The van der Waals surface area contributed by atoms with E-state index >= 15 is 0 Å². The zero-order valence-electron chi connectivity index (χ0n) is 10.2. The third-order valence-electron chi connectivity index (χ3n) is 3.10. The second-order valence-electron chi connectivity index (χ2n) is 4.81. The fourth-order valence-electron chi connectivity index (χ4n) is 2.21. The first-order valence-corrected chi connectivity index (χ1v) is 5.96. The van der Waals surface area contributed by atoms with Gasteiger partial charge in [0.2, 0.25) is 0 Å². The highest BCUT2D eigenvalue weighted by Crippen LogP contribution is 2.28. The van der Waals surface area contributed by atoms with E-state index in [-0.39, 0.29) is 4.65 Å². The number of unbranched alkanes of at least 4 members (excludes halogenated alkanes) is 1. The Hall–Kier alpha value is -0.780. The Bertz CT molecular complexity index is 280. The summed E-state index contributed by atoms with van der Waals surface area (Å²) >= 11 is 0. The van der Waals surface area contributed by atoms with Crippen LogP contribution in [0, 0.1) is 5.92 Å². The lowest BCUT2D eigenvalue weighted by molar-refractivity contribution is -1.08. The Morgan fingerprint density at radius 1 is 1.47 bits per heavy atom. The van der Waals surface area contributed by atoms with E-state index in [2.05, 4.69) is 0 Å². The van der Waals surface area contributed by atoms with Crippen LogP contribution in [-0.4, -0.2) is 36.4 Å². The van der Waals surface area contributed by atoms with Gasteiger partial charge in [-0.2, -0.15) is 13.2 Å². The number of hydrogen-bond donors (Lipinski definition) is 0. The van der Waals surface area contributed by atoms with Crippen molar-refractivity contribution in [2.45, 2.75) is 39.3 Å². The summed E-state index contributed by atoms with van der Waals surface area (Å²) in [5.41, 5.74) is 0. The van der Waals surface area contributed by atoms with Gasteiger partial charge in [-0.25, -0.2) is 4.79 Å². The lowest BCUT2D eigenvalue weighted by Crippen LogP contribution is -2.50. The van der Waals surface area contributed by atoms with E-state index in [1.165, 1.54) is 0 Å². The molecule has 0 spiro atoms. The summed E-state index contributed by atoms with van der Waals surface area (Å²) in [6, 6.07) is 0. The highest BCUT2D eigenvalue weighted by atomic mass is 19.4. The molecule has 1 rings (SSSR count). The third-order valence-corrected chi connectivity index (χ3v) is 3.10. The Morgan fingerprint density at radius 3 is 2.53 bits per heavy atom. The van der Waals surface area contributed by atoms with E-state index in [0.717, 1.165) is 19.3 Å². The number of carbonyl (C=O) groups excluding carboxylic acids is 1. The van der Waals surface area contributed by atoms with E-state index in [4.69, 9.17) is 4.84 Å². The van der Waals surface area contributed by atoms with Crippen LogP contribution in [-0.2, 0) is 9.63 Å². The van der Waals surface area contributed by atoms with Crippen molar-refractivity contribution < 1.29 is 27.4 Å². The monoisotopic (exact) mass is 254 g/mol. The first kappa shape index (κ1) is 14.3. The molecule has 1 aliphatic rings. The molecule has 0 saturated carbocycles. The Morgan fingerprint density at radius 2 is 2.12 bits per heavy atom. The fourth-order valence-corrected chi connectivity index (χ4v) is 2.21. The molecule has 1 saturated heterocycles. The van der Waals surface area contributed by atoms with Gasteiger partial charge in [0.05, 0.1) is 0 Å². The molecule has 100 valence electrons. The summed E-state index contributed by atoms with van der Waals surface area (Å²) < 4.78 is 36.5. The average Bonchev–Trinajstić information content (AvgIpc) is 2.56. The molecular formula is C11H19F3NO2+. The maximum Gasteiger partial charge on any atom is 0.497 e. The first-order valence-electron chi connectivity index (χ1n) is 5.96. The molecule has 3 nitrogen and oxygen atoms in total. The number of rotatable bonds is 4. The second-order valence-corrected chi connectivity index (χ2v) is 4.81. The fraction of sp³-hybridized carbons (Fsp3) is 0.909.